The maximum Gasteiger partial charge on any atom is 0.253 e. The molecule has 2 heterocycles. The van der Waals surface area contributed by atoms with Crippen molar-refractivity contribution in [2.24, 2.45) is 0 Å². The Labute approximate surface area is 178 Å². The molecule has 1 aromatic carbocycles. The van der Waals surface area contributed by atoms with Gasteiger partial charge in [0.2, 0.25) is 15.9 Å². The van der Waals surface area contributed by atoms with Crippen LogP contribution in [0.3, 0.4) is 0 Å². The lowest BCUT2D eigenvalue weighted by Gasteiger charge is -2.34. The molecule has 0 saturated carbocycles. The summed E-state index contributed by atoms with van der Waals surface area (Å²) < 4.78 is 30.1. The van der Waals surface area contributed by atoms with E-state index in [-0.39, 0.29) is 11.8 Å². The summed E-state index contributed by atoms with van der Waals surface area (Å²) in [7, 11) is -1.67. The fourth-order valence-corrected chi connectivity index (χ4v) is 4.80. The van der Waals surface area contributed by atoms with Crippen LogP contribution in [0.1, 0.15) is 22.3 Å². The Morgan fingerprint density at radius 1 is 1.13 bits per heavy atom. The second-order valence-corrected chi connectivity index (χ2v) is 9.60. The quantitative estimate of drug-likeness (QED) is 0.570. The van der Waals surface area contributed by atoms with Crippen molar-refractivity contribution < 1.29 is 22.7 Å². The monoisotopic (exact) mass is 438 g/mol. The van der Waals surface area contributed by atoms with Crippen LogP contribution in [0, 0.1) is 0 Å². The first-order chi connectivity index (χ1) is 14.3. The highest BCUT2D eigenvalue weighted by Crippen LogP contribution is 2.31. The molecule has 0 aromatic heterocycles. The van der Waals surface area contributed by atoms with Crippen molar-refractivity contribution in [3.8, 4) is 0 Å². The van der Waals surface area contributed by atoms with Crippen LogP contribution in [0.5, 0.6) is 0 Å². The molecule has 1 aromatic rings. The lowest BCUT2D eigenvalue weighted by molar-refractivity contribution is -0.122. The minimum atomic E-state index is -3.30. The molecule has 0 spiro atoms. The molecule has 166 valence electrons. The second-order valence-electron chi connectivity index (χ2n) is 7.69. The molecule has 2 aliphatic rings. The van der Waals surface area contributed by atoms with Crippen molar-refractivity contribution in [2.75, 3.05) is 70.1 Å². The first-order valence-corrected chi connectivity index (χ1v) is 12.0. The molecular formula is C20H30N4O5S. The zero-order valence-corrected chi connectivity index (χ0v) is 18.4. The predicted molar refractivity (Wildman–Crippen MR) is 114 cm³/mol. The van der Waals surface area contributed by atoms with Gasteiger partial charge in [0.1, 0.15) is 0 Å². The molecule has 2 aliphatic heterocycles. The van der Waals surface area contributed by atoms with Gasteiger partial charge in [-0.05, 0) is 36.6 Å². The van der Waals surface area contributed by atoms with Gasteiger partial charge >= 0.3 is 0 Å². The van der Waals surface area contributed by atoms with E-state index < -0.39 is 10.0 Å². The fraction of sp³-hybridized carbons (Fsp3) is 0.600. The van der Waals surface area contributed by atoms with Gasteiger partial charge in [0.05, 0.1) is 18.5 Å². The van der Waals surface area contributed by atoms with Crippen molar-refractivity contribution in [3.05, 3.63) is 29.3 Å². The van der Waals surface area contributed by atoms with Crippen LogP contribution in [0.2, 0.25) is 0 Å². The maximum absolute atomic E-state index is 12.9. The van der Waals surface area contributed by atoms with Gasteiger partial charge in [-0.25, -0.2) is 8.42 Å². The molecule has 0 aliphatic carbocycles. The summed E-state index contributed by atoms with van der Waals surface area (Å²) in [5, 5.41) is 2.87. The number of carbonyl (C=O) groups is 2. The van der Waals surface area contributed by atoms with Gasteiger partial charge in [0.15, 0.2) is 0 Å². The Hall–Kier alpha value is -2.17. The van der Waals surface area contributed by atoms with Crippen molar-refractivity contribution in [2.45, 2.75) is 12.8 Å². The number of ether oxygens (including phenoxy) is 1. The lowest BCUT2D eigenvalue weighted by atomic mass is 10.1. The van der Waals surface area contributed by atoms with Gasteiger partial charge in [-0.1, -0.05) is 0 Å². The third-order valence-corrected chi connectivity index (χ3v) is 6.63. The van der Waals surface area contributed by atoms with E-state index in [0.29, 0.717) is 70.1 Å². The number of carbonyl (C=O) groups excluding carboxylic acids is 2. The molecule has 1 fully saturated rings. The average molecular weight is 439 g/mol. The number of anilines is 1. The van der Waals surface area contributed by atoms with Crippen LogP contribution < -0.4 is 9.62 Å². The number of hydrogen-bond acceptors (Lipinski definition) is 6. The Kier molecular flexibility index (Phi) is 7.32. The number of fused-ring (bicyclic) bond motifs is 1. The molecule has 0 radical (unpaired) electrons. The molecule has 1 N–H and O–H groups in total. The molecule has 0 atom stereocenters. The summed E-state index contributed by atoms with van der Waals surface area (Å²) in [6.45, 7) is 4.36. The normalized spacial score (nSPS) is 17.1. The summed E-state index contributed by atoms with van der Waals surface area (Å²) in [5.74, 6) is -0.0702. The summed E-state index contributed by atoms with van der Waals surface area (Å²) >= 11 is 0. The topological polar surface area (TPSA) is 99.3 Å². The van der Waals surface area contributed by atoms with Gasteiger partial charge in [-0.15, -0.1) is 0 Å². The number of sulfonamides is 1. The van der Waals surface area contributed by atoms with Crippen LogP contribution in [0.4, 0.5) is 5.69 Å². The average Bonchev–Trinajstić information content (AvgIpc) is 3.15. The fourth-order valence-electron chi connectivity index (χ4n) is 3.84. The van der Waals surface area contributed by atoms with Gasteiger partial charge in [-0.3, -0.25) is 18.8 Å². The van der Waals surface area contributed by atoms with Crippen molar-refractivity contribution in [1.82, 2.24) is 15.1 Å². The SMILES string of the molecule is COCCCNC(=O)CN1CCN(C(=O)c2ccc3c(c2)CCN3S(C)(=O)=O)CC1. The van der Waals surface area contributed by atoms with Gasteiger partial charge in [0.25, 0.3) is 5.91 Å². The highest BCUT2D eigenvalue weighted by molar-refractivity contribution is 7.92. The summed E-state index contributed by atoms with van der Waals surface area (Å²) in [5.41, 5.74) is 2.12. The molecule has 0 unspecified atom stereocenters. The molecule has 30 heavy (non-hydrogen) atoms. The van der Waals surface area contributed by atoms with Gasteiger partial charge < -0.3 is 15.0 Å². The van der Waals surface area contributed by atoms with E-state index in [1.165, 1.54) is 10.6 Å². The Balaban J connectivity index is 1.51. The van der Waals surface area contributed by atoms with Crippen LogP contribution >= 0.6 is 0 Å². The van der Waals surface area contributed by atoms with E-state index in [9.17, 15) is 18.0 Å². The predicted octanol–water partition coefficient (Wildman–Crippen LogP) is -0.0808. The van der Waals surface area contributed by atoms with E-state index >= 15 is 0 Å². The van der Waals surface area contributed by atoms with Crippen molar-refractivity contribution in [1.29, 1.82) is 0 Å². The van der Waals surface area contributed by atoms with Crippen LogP contribution in [-0.4, -0.2) is 95.8 Å². The smallest absolute Gasteiger partial charge is 0.253 e. The molecule has 10 heteroatoms. The number of piperazine rings is 1. The summed E-state index contributed by atoms with van der Waals surface area (Å²) in [6, 6.07) is 5.23. The molecule has 2 amide bonds. The van der Waals surface area contributed by atoms with E-state index in [4.69, 9.17) is 4.74 Å². The number of nitrogens with one attached hydrogen (secondary N) is 1. The standard InChI is InChI=1S/C20H30N4O5S/c1-29-13-3-7-21-19(25)15-22-9-11-23(12-10-22)20(26)17-4-5-18-16(14-17)6-8-24(18)30(2,27)28/h4-5,14H,3,6-13,15H2,1-2H3,(H,21,25). The second kappa shape index (κ2) is 9.76. The van der Waals surface area contributed by atoms with Gasteiger partial charge in [-0.2, -0.15) is 0 Å². The first-order valence-electron chi connectivity index (χ1n) is 10.2. The minimum Gasteiger partial charge on any atom is -0.385 e. The van der Waals surface area contributed by atoms with Gasteiger partial charge in [0, 0.05) is 58.5 Å². The van der Waals surface area contributed by atoms with Crippen molar-refractivity contribution >= 4 is 27.5 Å². The summed E-state index contributed by atoms with van der Waals surface area (Å²) in [4.78, 5) is 28.7. The third kappa shape index (κ3) is 5.50. The third-order valence-electron chi connectivity index (χ3n) is 5.45. The Bertz CT molecular complexity index is 881. The number of amides is 2. The Morgan fingerprint density at radius 2 is 1.87 bits per heavy atom. The van der Waals surface area contributed by atoms with Crippen LogP contribution in [0.15, 0.2) is 18.2 Å². The molecule has 9 nitrogen and oxygen atoms in total. The number of methoxy groups -OCH3 is 1. The Morgan fingerprint density at radius 3 is 2.53 bits per heavy atom. The highest BCUT2D eigenvalue weighted by Gasteiger charge is 2.28. The van der Waals surface area contributed by atoms with Crippen LogP contribution in [-0.2, 0) is 26.0 Å². The van der Waals surface area contributed by atoms with E-state index in [2.05, 4.69) is 5.32 Å². The summed E-state index contributed by atoms with van der Waals surface area (Å²) in [6.07, 6.45) is 2.59. The largest absolute Gasteiger partial charge is 0.385 e. The lowest BCUT2D eigenvalue weighted by Crippen LogP contribution is -2.51. The first kappa shape index (κ1) is 22.5. The van der Waals surface area contributed by atoms with Crippen molar-refractivity contribution in [3.63, 3.8) is 0 Å². The number of nitrogens with zero attached hydrogens (tertiary/aromatic N) is 3. The maximum atomic E-state index is 12.9. The van der Waals surface area contributed by atoms with E-state index in [1.54, 1.807) is 24.1 Å². The number of benzene rings is 1. The van der Waals surface area contributed by atoms with E-state index in [0.717, 1.165) is 12.0 Å². The molecular weight excluding hydrogens is 408 g/mol. The number of rotatable bonds is 8. The molecule has 3 rings (SSSR count). The zero-order valence-electron chi connectivity index (χ0n) is 17.6. The molecule has 1 saturated heterocycles. The molecule has 0 bridgehead atoms. The zero-order chi connectivity index (χ0) is 21.7. The number of hydrogen-bond donors (Lipinski definition) is 1. The van der Waals surface area contributed by atoms with E-state index in [1.807, 2.05) is 11.0 Å². The minimum absolute atomic E-state index is 0.0140. The highest BCUT2D eigenvalue weighted by atomic mass is 32.2. The van der Waals surface area contributed by atoms with Crippen LogP contribution in [0.25, 0.3) is 0 Å².